The van der Waals surface area contributed by atoms with Crippen molar-refractivity contribution in [2.24, 2.45) is 0 Å². The lowest BCUT2D eigenvalue weighted by Gasteiger charge is -2.25. The van der Waals surface area contributed by atoms with Crippen molar-refractivity contribution < 1.29 is 23.7 Å². The molecule has 130 valence electrons. The number of carbonyl (C=O) groups excluding carboxylic acids is 1. The van der Waals surface area contributed by atoms with Gasteiger partial charge in [-0.2, -0.15) is 0 Å². The molecule has 0 aromatic carbocycles. The molecular formula is C16H30O5S. The molecule has 0 aliphatic carbocycles. The minimum absolute atomic E-state index is 0.0993. The maximum absolute atomic E-state index is 11.3. The third-order valence-electron chi connectivity index (χ3n) is 3.21. The maximum atomic E-state index is 11.3. The lowest BCUT2D eigenvalue weighted by atomic mass is 10.1. The summed E-state index contributed by atoms with van der Waals surface area (Å²) in [5.74, 6) is -0.285. The summed E-state index contributed by atoms with van der Waals surface area (Å²) in [5, 5.41) is 0.129. The topological polar surface area (TPSA) is 54.0 Å². The van der Waals surface area contributed by atoms with Gasteiger partial charge in [-0.05, 0) is 19.3 Å². The second-order valence-corrected chi connectivity index (χ2v) is 6.74. The molecule has 1 unspecified atom stereocenters. The van der Waals surface area contributed by atoms with Crippen LogP contribution in [0.4, 0.5) is 0 Å². The van der Waals surface area contributed by atoms with Gasteiger partial charge < -0.3 is 18.9 Å². The molecule has 5 nitrogen and oxygen atoms in total. The van der Waals surface area contributed by atoms with E-state index in [0.717, 1.165) is 25.9 Å². The first-order chi connectivity index (χ1) is 10.6. The van der Waals surface area contributed by atoms with Gasteiger partial charge in [0, 0.05) is 26.7 Å². The Labute approximate surface area is 138 Å². The molecule has 1 saturated heterocycles. The average molecular weight is 334 g/mol. The largest absolute Gasteiger partial charge is 0.449 e. The fourth-order valence-corrected chi connectivity index (χ4v) is 3.80. The molecule has 1 heterocycles. The molecule has 0 amide bonds. The number of thioether (sulfide) groups is 1. The second-order valence-electron chi connectivity index (χ2n) is 5.40. The Bertz CT molecular complexity index is 313. The van der Waals surface area contributed by atoms with Gasteiger partial charge in [-0.3, -0.25) is 4.79 Å². The smallest absolute Gasteiger partial charge is 0.303 e. The molecule has 0 spiro atoms. The second kappa shape index (κ2) is 11.3. The van der Waals surface area contributed by atoms with Crippen molar-refractivity contribution in [2.75, 3.05) is 26.4 Å². The summed E-state index contributed by atoms with van der Waals surface area (Å²) in [7, 11) is 0. The summed E-state index contributed by atoms with van der Waals surface area (Å²) in [4.78, 5) is 11.3. The van der Waals surface area contributed by atoms with E-state index in [1.54, 1.807) is 11.8 Å². The minimum Gasteiger partial charge on any atom is -0.449 e. The fraction of sp³-hybridized carbons (Fsp3) is 0.938. The van der Waals surface area contributed by atoms with Gasteiger partial charge in [-0.15, -0.1) is 11.8 Å². The van der Waals surface area contributed by atoms with Crippen LogP contribution in [0.1, 0.15) is 47.0 Å². The lowest BCUT2D eigenvalue weighted by Crippen LogP contribution is -2.40. The summed E-state index contributed by atoms with van der Waals surface area (Å²) in [5.41, 5.74) is -0.318. The number of hydrogen-bond donors (Lipinski definition) is 0. The van der Waals surface area contributed by atoms with E-state index in [1.807, 2.05) is 0 Å². The molecule has 0 bridgehead atoms. The van der Waals surface area contributed by atoms with E-state index in [9.17, 15) is 4.79 Å². The molecule has 6 heteroatoms. The molecule has 1 aliphatic heterocycles. The van der Waals surface area contributed by atoms with Crippen molar-refractivity contribution in [3.63, 3.8) is 0 Å². The number of rotatable bonds is 11. The standard InChI is InChI=1S/C16H30O5S/c1-5-8-18-11-13-14(19-9-6-2)15(20-10-7-3)16(22-13)21-12(4)17/h13-16H,5-11H2,1-4H3/t13-,14-,15+,16?/m1/s1. The summed E-state index contributed by atoms with van der Waals surface area (Å²) < 4.78 is 23.1. The van der Waals surface area contributed by atoms with E-state index in [-0.39, 0.29) is 28.9 Å². The Kier molecular flexibility index (Phi) is 10.1. The van der Waals surface area contributed by atoms with Crippen LogP contribution in [0.25, 0.3) is 0 Å². The number of ether oxygens (including phenoxy) is 4. The molecule has 0 radical (unpaired) electrons. The molecule has 1 fully saturated rings. The Hall–Kier alpha value is -0.300. The van der Waals surface area contributed by atoms with Gasteiger partial charge in [0.2, 0.25) is 0 Å². The van der Waals surface area contributed by atoms with Crippen LogP contribution in [0.5, 0.6) is 0 Å². The highest BCUT2D eigenvalue weighted by Crippen LogP contribution is 2.39. The Morgan fingerprint density at radius 3 is 2.09 bits per heavy atom. The van der Waals surface area contributed by atoms with Gasteiger partial charge in [0.25, 0.3) is 0 Å². The van der Waals surface area contributed by atoms with Crippen LogP contribution in [-0.2, 0) is 23.7 Å². The number of carbonyl (C=O) groups is 1. The Balaban J connectivity index is 2.73. The van der Waals surface area contributed by atoms with Crippen molar-refractivity contribution in [3.8, 4) is 0 Å². The fourth-order valence-electron chi connectivity index (χ4n) is 2.31. The van der Waals surface area contributed by atoms with Gasteiger partial charge in [0.1, 0.15) is 12.2 Å². The van der Waals surface area contributed by atoms with Crippen LogP contribution >= 0.6 is 11.8 Å². The van der Waals surface area contributed by atoms with Crippen LogP contribution in [0.3, 0.4) is 0 Å². The first kappa shape index (κ1) is 19.7. The van der Waals surface area contributed by atoms with E-state index < -0.39 is 0 Å². The van der Waals surface area contributed by atoms with Crippen LogP contribution in [-0.4, -0.2) is 55.3 Å². The highest BCUT2D eigenvalue weighted by molar-refractivity contribution is 8.00. The normalized spacial score (nSPS) is 28.0. The van der Waals surface area contributed by atoms with Crippen LogP contribution < -0.4 is 0 Å². The third kappa shape index (κ3) is 6.44. The molecule has 1 aliphatic rings. The third-order valence-corrected chi connectivity index (χ3v) is 4.60. The predicted octanol–water partition coefficient (Wildman–Crippen LogP) is 3.01. The van der Waals surface area contributed by atoms with E-state index in [4.69, 9.17) is 18.9 Å². The molecule has 4 atom stereocenters. The van der Waals surface area contributed by atoms with Crippen molar-refractivity contribution >= 4 is 17.7 Å². The predicted molar refractivity (Wildman–Crippen MR) is 88.1 cm³/mol. The SMILES string of the molecule is CCCOC[C@H]1SC(OC(C)=O)[C@@H](OCCC)[C@@H]1OCCC. The van der Waals surface area contributed by atoms with Gasteiger partial charge in [0.15, 0.2) is 5.44 Å². The lowest BCUT2D eigenvalue weighted by molar-refractivity contribution is -0.153. The van der Waals surface area contributed by atoms with Crippen LogP contribution in [0.2, 0.25) is 0 Å². The first-order valence-electron chi connectivity index (χ1n) is 8.27. The quantitative estimate of drug-likeness (QED) is 0.428. The molecule has 22 heavy (non-hydrogen) atoms. The van der Waals surface area contributed by atoms with E-state index in [0.29, 0.717) is 19.8 Å². The van der Waals surface area contributed by atoms with Gasteiger partial charge in [-0.25, -0.2) is 0 Å². The minimum atomic E-state index is -0.318. The zero-order valence-corrected chi connectivity index (χ0v) is 15.0. The van der Waals surface area contributed by atoms with E-state index >= 15 is 0 Å². The van der Waals surface area contributed by atoms with Gasteiger partial charge in [-0.1, -0.05) is 20.8 Å². The van der Waals surface area contributed by atoms with Gasteiger partial charge in [0.05, 0.1) is 11.9 Å². The average Bonchev–Trinajstić information content (AvgIpc) is 2.79. The van der Waals surface area contributed by atoms with Crippen molar-refractivity contribution in [1.82, 2.24) is 0 Å². The zero-order chi connectivity index (χ0) is 16.4. The van der Waals surface area contributed by atoms with Crippen LogP contribution in [0, 0.1) is 0 Å². The van der Waals surface area contributed by atoms with Crippen molar-refractivity contribution in [2.45, 2.75) is 69.9 Å². The molecule has 0 saturated carbocycles. The van der Waals surface area contributed by atoms with Crippen molar-refractivity contribution in [3.05, 3.63) is 0 Å². The highest BCUT2D eigenvalue weighted by atomic mass is 32.2. The summed E-state index contributed by atoms with van der Waals surface area (Å²) in [6, 6.07) is 0. The number of hydrogen-bond acceptors (Lipinski definition) is 6. The first-order valence-corrected chi connectivity index (χ1v) is 9.21. The van der Waals surface area contributed by atoms with E-state index in [2.05, 4.69) is 20.8 Å². The Morgan fingerprint density at radius 2 is 1.55 bits per heavy atom. The molecule has 0 N–H and O–H groups in total. The van der Waals surface area contributed by atoms with Crippen LogP contribution in [0.15, 0.2) is 0 Å². The molecule has 0 aromatic heterocycles. The maximum Gasteiger partial charge on any atom is 0.303 e. The molecule has 1 rings (SSSR count). The number of esters is 1. The summed E-state index contributed by atoms with van der Waals surface area (Å²) >= 11 is 1.59. The Morgan fingerprint density at radius 1 is 0.955 bits per heavy atom. The highest BCUT2D eigenvalue weighted by Gasteiger charge is 2.47. The zero-order valence-electron chi connectivity index (χ0n) is 14.2. The molecular weight excluding hydrogens is 304 g/mol. The molecule has 0 aromatic rings. The van der Waals surface area contributed by atoms with Crippen molar-refractivity contribution in [1.29, 1.82) is 0 Å². The van der Waals surface area contributed by atoms with E-state index in [1.165, 1.54) is 6.92 Å². The monoisotopic (exact) mass is 334 g/mol. The van der Waals surface area contributed by atoms with Gasteiger partial charge >= 0.3 is 5.97 Å². The summed E-state index contributed by atoms with van der Waals surface area (Å²) in [6.07, 6.45) is 2.53. The summed E-state index contributed by atoms with van der Waals surface area (Å²) in [6.45, 7) is 10.3.